The monoisotopic (exact) mass is 422 g/mol. The lowest BCUT2D eigenvalue weighted by Crippen LogP contribution is -2.51. The summed E-state index contributed by atoms with van der Waals surface area (Å²) in [7, 11) is 0. The number of aromatic nitrogens is 1. The number of nitrogens with two attached hydrogens (primary N) is 1. The van der Waals surface area contributed by atoms with Crippen LogP contribution in [0.5, 0.6) is 0 Å². The molecule has 0 radical (unpaired) electrons. The van der Waals surface area contributed by atoms with E-state index >= 15 is 0 Å². The molecule has 1 saturated heterocycles. The van der Waals surface area contributed by atoms with Crippen molar-refractivity contribution in [3.05, 3.63) is 52.9 Å². The molecule has 7 nitrogen and oxygen atoms in total. The number of carbonyl (C=O) groups is 2. The Morgan fingerprint density at radius 3 is 2.55 bits per heavy atom. The molecule has 2 atom stereocenters. The zero-order valence-electron chi connectivity index (χ0n) is 18.0. The van der Waals surface area contributed by atoms with Crippen LogP contribution in [0.25, 0.3) is 0 Å². The molecule has 5 rings (SSSR count). The average Bonchev–Trinajstić information content (AvgIpc) is 3.48. The van der Waals surface area contributed by atoms with E-state index in [0.29, 0.717) is 23.7 Å². The van der Waals surface area contributed by atoms with Gasteiger partial charge >= 0.3 is 0 Å². The van der Waals surface area contributed by atoms with E-state index in [9.17, 15) is 9.59 Å². The lowest BCUT2D eigenvalue weighted by molar-refractivity contribution is 0.0595. The first-order chi connectivity index (χ1) is 14.9. The first-order valence-corrected chi connectivity index (χ1v) is 11.4. The van der Waals surface area contributed by atoms with Crippen molar-refractivity contribution in [3.8, 4) is 0 Å². The minimum Gasteiger partial charge on any atom is -0.360 e. The van der Waals surface area contributed by atoms with Crippen LogP contribution in [-0.4, -0.2) is 40.5 Å². The Morgan fingerprint density at radius 1 is 1.19 bits per heavy atom. The Balaban J connectivity index is 1.17. The number of rotatable bonds is 5. The third-order valence-corrected chi connectivity index (χ3v) is 7.17. The third kappa shape index (κ3) is 3.99. The zero-order valence-corrected chi connectivity index (χ0v) is 18.0. The summed E-state index contributed by atoms with van der Waals surface area (Å²) >= 11 is 0. The molecule has 3 fully saturated rings. The van der Waals surface area contributed by atoms with Crippen LogP contribution >= 0.6 is 0 Å². The molecule has 1 aromatic heterocycles. The first-order valence-electron chi connectivity index (χ1n) is 11.4. The number of nitrogens with zero attached hydrogens (tertiary/aromatic N) is 2. The van der Waals surface area contributed by atoms with Crippen molar-refractivity contribution in [2.45, 2.75) is 75.4 Å². The molecule has 0 spiro atoms. The molecule has 0 unspecified atom stereocenters. The van der Waals surface area contributed by atoms with E-state index in [4.69, 9.17) is 10.3 Å². The topological polar surface area (TPSA) is 101 Å². The number of amides is 2. The molecule has 2 heterocycles. The van der Waals surface area contributed by atoms with Gasteiger partial charge in [-0.05, 0) is 69.6 Å². The summed E-state index contributed by atoms with van der Waals surface area (Å²) in [6, 6.07) is 9.60. The molecule has 164 valence electrons. The van der Waals surface area contributed by atoms with Gasteiger partial charge in [-0.25, -0.2) is 0 Å². The summed E-state index contributed by atoms with van der Waals surface area (Å²) in [5, 5.41) is 6.98. The van der Waals surface area contributed by atoms with E-state index in [0.717, 1.165) is 49.8 Å². The van der Waals surface area contributed by atoms with E-state index < -0.39 is 0 Å². The van der Waals surface area contributed by atoms with Gasteiger partial charge < -0.3 is 20.5 Å². The van der Waals surface area contributed by atoms with Crippen molar-refractivity contribution in [1.82, 2.24) is 15.4 Å². The molecule has 3 N–H and O–H groups in total. The van der Waals surface area contributed by atoms with E-state index in [-0.39, 0.29) is 29.4 Å². The molecule has 0 bridgehead atoms. The summed E-state index contributed by atoms with van der Waals surface area (Å²) in [5.74, 6) is 1.08. The second-order valence-electron chi connectivity index (χ2n) is 9.52. The Bertz CT molecular complexity index is 975. The van der Waals surface area contributed by atoms with Gasteiger partial charge in [-0.1, -0.05) is 17.3 Å². The van der Waals surface area contributed by atoms with Gasteiger partial charge in [0, 0.05) is 41.7 Å². The lowest BCUT2D eigenvalue weighted by Gasteiger charge is -2.39. The fourth-order valence-electron chi connectivity index (χ4n) is 4.78. The zero-order chi connectivity index (χ0) is 21.6. The Hall–Kier alpha value is -2.67. The molecule has 3 aliphatic rings. The Kier molecular flexibility index (Phi) is 5.08. The maximum absolute atomic E-state index is 13.1. The Labute approximate surface area is 182 Å². The van der Waals surface area contributed by atoms with Gasteiger partial charge in [0.25, 0.3) is 11.8 Å². The standard InChI is InChI=1S/C24H30N4O3/c1-15-13-19(26-22(29)20-14-21(31-27-20)16-3-4-16)9-12-28(15)23(30)17-5-7-18(8-6-17)24(25)10-2-11-24/h5-8,14-16,19H,2-4,9-13,25H2,1H3,(H,26,29)/t15-,19-/m1/s1. The largest absolute Gasteiger partial charge is 0.360 e. The van der Waals surface area contributed by atoms with Crippen molar-refractivity contribution in [1.29, 1.82) is 0 Å². The predicted molar refractivity (Wildman–Crippen MR) is 116 cm³/mol. The summed E-state index contributed by atoms with van der Waals surface area (Å²) in [6.45, 7) is 2.65. The number of benzene rings is 1. The minimum atomic E-state index is -0.214. The van der Waals surface area contributed by atoms with Gasteiger partial charge in [-0.3, -0.25) is 9.59 Å². The molecule has 7 heteroatoms. The molecule has 2 amide bonds. The number of carbonyl (C=O) groups excluding carboxylic acids is 2. The van der Waals surface area contributed by atoms with Crippen molar-refractivity contribution in [2.75, 3.05) is 6.54 Å². The van der Waals surface area contributed by atoms with Crippen LogP contribution in [0.3, 0.4) is 0 Å². The van der Waals surface area contributed by atoms with E-state index in [1.807, 2.05) is 36.1 Å². The van der Waals surface area contributed by atoms with Gasteiger partial charge in [0.05, 0.1) is 0 Å². The third-order valence-electron chi connectivity index (χ3n) is 7.17. The van der Waals surface area contributed by atoms with Crippen LogP contribution in [0, 0.1) is 0 Å². The normalized spacial score (nSPS) is 25.0. The number of nitrogens with one attached hydrogen (secondary N) is 1. The van der Waals surface area contributed by atoms with Crippen LogP contribution in [-0.2, 0) is 5.54 Å². The summed E-state index contributed by atoms with van der Waals surface area (Å²) in [5.41, 5.74) is 8.33. The Morgan fingerprint density at radius 2 is 1.94 bits per heavy atom. The fourth-order valence-corrected chi connectivity index (χ4v) is 4.78. The van der Waals surface area contributed by atoms with Gasteiger partial charge in [-0.15, -0.1) is 0 Å². The van der Waals surface area contributed by atoms with Crippen molar-refractivity contribution < 1.29 is 14.1 Å². The highest BCUT2D eigenvalue weighted by molar-refractivity contribution is 5.95. The van der Waals surface area contributed by atoms with Crippen LogP contribution < -0.4 is 11.1 Å². The second-order valence-corrected chi connectivity index (χ2v) is 9.52. The first kappa shape index (κ1) is 20.2. The second kappa shape index (κ2) is 7.79. The summed E-state index contributed by atoms with van der Waals surface area (Å²) in [6.07, 6.45) is 6.83. The number of hydrogen-bond acceptors (Lipinski definition) is 5. The number of likely N-dealkylation sites (tertiary alicyclic amines) is 1. The maximum atomic E-state index is 13.1. The van der Waals surface area contributed by atoms with Gasteiger partial charge in [0.15, 0.2) is 5.69 Å². The molecule has 2 aliphatic carbocycles. The molecular weight excluding hydrogens is 392 g/mol. The van der Waals surface area contributed by atoms with Crippen LogP contribution in [0.4, 0.5) is 0 Å². The molecule has 31 heavy (non-hydrogen) atoms. The van der Waals surface area contributed by atoms with Crippen molar-refractivity contribution in [2.24, 2.45) is 5.73 Å². The van der Waals surface area contributed by atoms with E-state index in [1.54, 1.807) is 6.07 Å². The molecule has 2 aromatic rings. The molecule has 1 aliphatic heterocycles. The van der Waals surface area contributed by atoms with Gasteiger partial charge in [-0.2, -0.15) is 0 Å². The van der Waals surface area contributed by atoms with Crippen LogP contribution in [0.2, 0.25) is 0 Å². The number of piperidine rings is 1. The molecule has 1 aromatic carbocycles. The predicted octanol–water partition coefficient (Wildman–Crippen LogP) is 3.31. The SMILES string of the molecule is C[C@@H]1C[C@H](NC(=O)c2cc(C3CC3)on2)CCN1C(=O)c1ccc(C2(N)CCC2)cc1. The molecular formula is C24H30N4O3. The summed E-state index contributed by atoms with van der Waals surface area (Å²) in [4.78, 5) is 27.5. The quantitative estimate of drug-likeness (QED) is 0.770. The lowest BCUT2D eigenvalue weighted by atomic mass is 9.73. The number of hydrogen-bond donors (Lipinski definition) is 2. The van der Waals surface area contributed by atoms with Crippen LogP contribution in [0.1, 0.15) is 90.0 Å². The van der Waals surface area contributed by atoms with E-state index in [1.165, 1.54) is 6.42 Å². The molecule has 2 saturated carbocycles. The minimum absolute atomic E-state index is 0.0192. The highest BCUT2D eigenvalue weighted by atomic mass is 16.5. The highest BCUT2D eigenvalue weighted by Crippen LogP contribution is 2.40. The highest BCUT2D eigenvalue weighted by Gasteiger charge is 2.35. The maximum Gasteiger partial charge on any atom is 0.273 e. The van der Waals surface area contributed by atoms with Gasteiger partial charge in [0.1, 0.15) is 5.76 Å². The summed E-state index contributed by atoms with van der Waals surface area (Å²) < 4.78 is 5.29. The smallest absolute Gasteiger partial charge is 0.273 e. The van der Waals surface area contributed by atoms with Crippen molar-refractivity contribution in [3.63, 3.8) is 0 Å². The van der Waals surface area contributed by atoms with Gasteiger partial charge in [0.2, 0.25) is 0 Å². The van der Waals surface area contributed by atoms with Crippen LogP contribution in [0.15, 0.2) is 34.9 Å². The van der Waals surface area contributed by atoms with Crippen molar-refractivity contribution >= 4 is 11.8 Å². The van der Waals surface area contributed by atoms with E-state index in [2.05, 4.69) is 10.5 Å². The average molecular weight is 423 g/mol. The fraction of sp³-hybridized carbons (Fsp3) is 0.542.